The van der Waals surface area contributed by atoms with E-state index in [0.717, 1.165) is 5.39 Å². The summed E-state index contributed by atoms with van der Waals surface area (Å²) in [7, 11) is 0. The van der Waals surface area contributed by atoms with Gasteiger partial charge in [-0.3, -0.25) is 4.79 Å². The van der Waals surface area contributed by atoms with E-state index in [4.69, 9.17) is 5.11 Å². The second kappa shape index (κ2) is 2.62. The van der Waals surface area contributed by atoms with Gasteiger partial charge in [-0.15, -0.1) is 0 Å². The van der Waals surface area contributed by atoms with Crippen LogP contribution in [-0.2, 0) is 0 Å². The van der Waals surface area contributed by atoms with E-state index in [0.29, 0.717) is 11.1 Å². The fraction of sp³-hybridized carbons (Fsp3) is 0.100. The number of aryl methyl sites for hydroxylation is 1. The minimum Gasteiger partial charge on any atom is -0.508 e. The molecule has 0 saturated heterocycles. The number of pyridine rings is 1. The molecule has 0 bridgehead atoms. The van der Waals surface area contributed by atoms with Crippen LogP contribution in [-0.4, -0.2) is 10.1 Å². The summed E-state index contributed by atoms with van der Waals surface area (Å²) in [6, 6.07) is 6.71. The van der Waals surface area contributed by atoms with Crippen molar-refractivity contribution in [2.24, 2.45) is 0 Å². The van der Waals surface area contributed by atoms with E-state index in [1.165, 1.54) is 6.07 Å². The van der Waals surface area contributed by atoms with Crippen LogP contribution in [0.1, 0.15) is 5.56 Å². The molecule has 1 heterocycles. The third-order valence-corrected chi connectivity index (χ3v) is 2.02. The second-order valence-electron chi connectivity index (χ2n) is 3.05. The zero-order valence-corrected chi connectivity index (χ0v) is 7.16. The van der Waals surface area contributed by atoms with Gasteiger partial charge in [-0.2, -0.15) is 0 Å². The highest BCUT2D eigenvalue weighted by molar-refractivity contribution is 5.80. The molecule has 66 valence electrons. The first-order chi connectivity index (χ1) is 6.16. The minimum absolute atomic E-state index is 0.113. The number of phenols is 1. The SMILES string of the molecule is Cc1cc2ccc(O)cc2[nH]c1=O. The molecule has 0 fully saturated rings. The van der Waals surface area contributed by atoms with Crippen molar-refractivity contribution >= 4 is 10.9 Å². The highest BCUT2D eigenvalue weighted by Crippen LogP contribution is 2.16. The van der Waals surface area contributed by atoms with Gasteiger partial charge in [0.15, 0.2) is 0 Å². The second-order valence-corrected chi connectivity index (χ2v) is 3.05. The van der Waals surface area contributed by atoms with E-state index in [9.17, 15) is 4.79 Å². The van der Waals surface area contributed by atoms with Crippen LogP contribution in [0.4, 0.5) is 0 Å². The van der Waals surface area contributed by atoms with Crippen molar-refractivity contribution in [2.75, 3.05) is 0 Å². The number of fused-ring (bicyclic) bond motifs is 1. The van der Waals surface area contributed by atoms with Gasteiger partial charge < -0.3 is 10.1 Å². The Morgan fingerprint density at radius 1 is 1.31 bits per heavy atom. The lowest BCUT2D eigenvalue weighted by Crippen LogP contribution is -2.08. The molecule has 13 heavy (non-hydrogen) atoms. The number of aromatic hydroxyl groups is 1. The lowest BCUT2D eigenvalue weighted by atomic mass is 10.2. The number of rotatable bonds is 0. The van der Waals surface area contributed by atoms with Crippen molar-refractivity contribution in [3.63, 3.8) is 0 Å². The van der Waals surface area contributed by atoms with Crippen LogP contribution in [0.2, 0.25) is 0 Å². The molecule has 3 heteroatoms. The van der Waals surface area contributed by atoms with E-state index in [2.05, 4.69) is 4.98 Å². The van der Waals surface area contributed by atoms with Crippen molar-refractivity contribution in [1.82, 2.24) is 4.98 Å². The van der Waals surface area contributed by atoms with Gasteiger partial charge in [0.25, 0.3) is 5.56 Å². The smallest absolute Gasteiger partial charge is 0.251 e. The molecule has 0 aliphatic rings. The lowest BCUT2D eigenvalue weighted by molar-refractivity contribution is 0.476. The molecule has 0 aliphatic carbocycles. The fourth-order valence-corrected chi connectivity index (χ4v) is 1.30. The zero-order chi connectivity index (χ0) is 9.42. The summed E-state index contributed by atoms with van der Waals surface area (Å²) in [6.45, 7) is 1.76. The molecule has 1 aromatic heterocycles. The van der Waals surface area contributed by atoms with Crippen LogP contribution < -0.4 is 5.56 Å². The summed E-state index contributed by atoms with van der Waals surface area (Å²) in [6.07, 6.45) is 0. The fourth-order valence-electron chi connectivity index (χ4n) is 1.30. The maximum Gasteiger partial charge on any atom is 0.251 e. The van der Waals surface area contributed by atoms with Crippen LogP contribution in [0.25, 0.3) is 10.9 Å². The number of hydrogen-bond acceptors (Lipinski definition) is 2. The summed E-state index contributed by atoms with van der Waals surface area (Å²) in [5.41, 5.74) is 1.23. The molecule has 2 aromatic rings. The topological polar surface area (TPSA) is 53.1 Å². The molecule has 2 rings (SSSR count). The Bertz CT molecular complexity index is 514. The van der Waals surface area contributed by atoms with Gasteiger partial charge in [-0.05, 0) is 30.5 Å². The molecule has 0 aliphatic heterocycles. The number of benzene rings is 1. The Morgan fingerprint density at radius 3 is 2.85 bits per heavy atom. The number of aromatic amines is 1. The van der Waals surface area contributed by atoms with Crippen LogP contribution in [0.5, 0.6) is 5.75 Å². The van der Waals surface area contributed by atoms with Gasteiger partial charge in [0.2, 0.25) is 0 Å². The van der Waals surface area contributed by atoms with Gasteiger partial charge in [-0.1, -0.05) is 0 Å². The summed E-state index contributed by atoms with van der Waals surface area (Å²) < 4.78 is 0. The third-order valence-electron chi connectivity index (χ3n) is 2.02. The largest absolute Gasteiger partial charge is 0.508 e. The molecule has 0 saturated carbocycles. The summed E-state index contributed by atoms with van der Waals surface area (Å²) in [5.74, 6) is 0.159. The first kappa shape index (κ1) is 7.86. The number of phenolic OH excluding ortho intramolecular Hbond substituents is 1. The third kappa shape index (κ3) is 1.28. The normalized spacial score (nSPS) is 10.5. The highest BCUT2D eigenvalue weighted by atomic mass is 16.3. The predicted molar refractivity (Wildman–Crippen MR) is 51.0 cm³/mol. The highest BCUT2D eigenvalue weighted by Gasteiger charge is 1.98. The van der Waals surface area contributed by atoms with Crippen LogP contribution >= 0.6 is 0 Å². The summed E-state index contributed by atoms with van der Waals surface area (Å²) in [4.78, 5) is 13.9. The first-order valence-corrected chi connectivity index (χ1v) is 3.99. The Labute approximate surface area is 74.7 Å². The molecule has 2 N–H and O–H groups in total. The average molecular weight is 175 g/mol. The Kier molecular flexibility index (Phi) is 1.59. The molecule has 0 unspecified atom stereocenters. The summed E-state index contributed by atoms with van der Waals surface area (Å²) in [5, 5.41) is 10.1. The van der Waals surface area contributed by atoms with Gasteiger partial charge in [0.1, 0.15) is 5.75 Å². The van der Waals surface area contributed by atoms with Gasteiger partial charge in [-0.25, -0.2) is 0 Å². The van der Waals surface area contributed by atoms with Crippen molar-refractivity contribution in [3.8, 4) is 5.75 Å². The molecule has 0 atom stereocenters. The van der Waals surface area contributed by atoms with Crippen molar-refractivity contribution in [3.05, 3.63) is 40.2 Å². The molecular weight excluding hydrogens is 166 g/mol. The van der Waals surface area contributed by atoms with Gasteiger partial charge in [0, 0.05) is 11.6 Å². The number of nitrogens with one attached hydrogen (secondary N) is 1. The molecule has 0 amide bonds. The van der Waals surface area contributed by atoms with E-state index >= 15 is 0 Å². The Hall–Kier alpha value is -1.77. The van der Waals surface area contributed by atoms with Crippen LogP contribution in [0.3, 0.4) is 0 Å². The zero-order valence-electron chi connectivity index (χ0n) is 7.16. The standard InChI is InChI=1S/C10H9NO2/c1-6-4-7-2-3-8(12)5-9(7)11-10(6)13/h2-5,12H,1H3,(H,11,13). The monoisotopic (exact) mass is 175 g/mol. The Morgan fingerprint density at radius 2 is 2.08 bits per heavy atom. The van der Waals surface area contributed by atoms with E-state index < -0.39 is 0 Å². The molecule has 3 nitrogen and oxygen atoms in total. The first-order valence-electron chi connectivity index (χ1n) is 3.99. The average Bonchev–Trinajstić information content (AvgIpc) is 2.08. The van der Waals surface area contributed by atoms with Crippen LogP contribution in [0.15, 0.2) is 29.1 Å². The quantitative estimate of drug-likeness (QED) is 0.638. The van der Waals surface area contributed by atoms with Gasteiger partial charge in [0.05, 0.1) is 5.52 Å². The molecule has 1 aromatic carbocycles. The predicted octanol–water partition coefficient (Wildman–Crippen LogP) is 1.54. The number of hydrogen-bond donors (Lipinski definition) is 2. The Balaban J connectivity index is 2.89. The van der Waals surface area contributed by atoms with Crippen molar-refractivity contribution in [1.29, 1.82) is 0 Å². The maximum atomic E-state index is 11.2. The number of H-pyrrole nitrogens is 1. The van der Waals surface area contributed by atoms with E-state index in [-0.39, 0.29) is 11.3 Å². The van der Waals surface area contributed by atoms with Crippen molar-refractivity contribution in [2.45, 2.75) is 6.92 Å². The molecule has 0 spiro atoms. The molecular formula is C10H9NO2. The minimum atomic E-state index is -0.113. The van der Waals surface area contributed by atoms with E-state index in [1.54, 1.807) is 25.1 Å². The number of aromatic nitrogens is 1. The van der Waals surface area contributed by atoms with E-state index in [1.807, 2.05) is 0 Å². The summed E-state index contributed by atoms with van der Waals surface area (Å²) >= 11 is 0. The maximum absolute atomic E-state index is 11.2. The van der Waals surface area contributed by atoms with Crippen molar-refractivity contribution < 1.29 is 5.11 Å². The van der Waals surface area contributed by atoms with Gasteiger partial charge >= 0.3 is 0 Å². The molecule has 0 radical (unpaired) electrons. The lowest BCUT2D eigenvalue weighted by Gasteiger charge is -1.99. The van der Waals surface area contributed by atoms with Crippen LogP contribution in [0, 0.1) is 6.92 Å².